The first-order valence-corrected chi connectivity index (χ1v) is 4.54. The van der Waals surface area contributed by atoms with Crippen LogP contribution < -0.4 is 0 Å². The van der Waals surface area contributed by atoms with Crippen LogP contribution >= 0.6 is 0 Å². The Morgan fingerprint density at radius 2 is 2.00 bits per heavy atom. The highest BCUT2D eigenvalue weighted by Gasteiger charge is 1.81. The summed E-state index contributed by atoms with van der Waals surface area (Å²) in [7, 11) is -0.401. The molecule has 1 heteroatoms. The van der Waals surface area contributed by atoms with Gasteiger partial charge in [0.1, 0.15) is 8.80 Å². The van der Waals surface area contributed by atoms with E-state index in [1.165, 1.54) is 0 Å². The van der Waals surface area contributed by atoms with Crippen LogP contribution in [0.2, 0.25) is 13.1 Å². The molecule has 0 N–H and O–H groups in total. The average molecular weight is 107 g/mol. The Labute approximate surface area is 46.5 Å². The summed E-state index contributed by atoms with van der Waals surface area (Å²) in [6.45, 7) is 4.21. The van der Waals surface area contributed by atoms with E-state index in [0.29, 0.717) is 0 Å². The van der Waals surface area contributed by atoms with Gasteiger partial charge in [-0.2, -0.15) is 0 Å². The molecule has 7 heavy (non-hydrogen) atoms. The number of terminal acetylenes is 1. The first-order valence-electron chi connectivity index (χ1n) is 2.04. The lowest BCUT2D eigenvalue weighted by molar-refractivity contribution is 2.04. The van der Waals surface area contributed by atoms with E-state index >= 15 is 0 Å². The standard InChI is InChI=1S/C6H7Si/c1-4-5-6-7(2)3/h1H,2-3H3. The molecule has 0 aromatic carbocycles. The van der Waals surface area contributed by atoms with E-state index in [1.54, 1.807) is 0 Å². The second-order valence-electron chi connectivity index (χ2n) is 1.39. The molecule has 0 amide bonds. The molecule has 0 aliphatic rings. The maximum Gasteiger partial charge on any atom is 0.139 e. The van der Waals surface area contributed by atoms with Gasteiger partial charge in [0.15, 0.2) is 0 Å². The van der Waals surface area contributed by atoms with Gasteiger partial charge in [-0.05, 0) is 11.8 Å². The average Bonchev–Trinajstić information content (AvgIpc) is 1.61. The fraction of sp³-hybridized carbons (Fsp3) is 0.333. The lowest BCUT2D eigenvalue weighted by Crippen LogP contribution is -1.92. The minimum atomic E-state index is -0.401. The van der Waals surface area contributed by atoms with E-state index in [2.05, 4.69) is 30.5 Å². The predicted molar refractivity (Wildman–Crippen MR) is 34.1 cm³/mol. The largest absolute Gasteiger partial charge is 0.139 e. The molecule has 0 atom stereocenters. The van der Waals surface area contributed by atoms with E-state index in [1.807, 2.05) is 0 Å². The lowest BCUT2D eigenvalue weighted by atomic mass is 10.7. The molecule has 0 unspecified atom stereocenters. The van der Waals surface area contributed by atoms with Gasteiger partial charge in [0.2, 0.25) is 0 Å². The van der Waals surface area contributed by atoms with Crippen molar-refractivity contribution in [1.29, 1.82) is 0 Å². The van der Waals surface area contributed by atoms with Crippen LogP contribution in [0.15, 0.2) is 0 Å². The quantitative estimate of drug-likeness (QED) is 0.319. The zero-order chi connectivity index (χ0) is 5.70. The first-order chi connectivity index (χ1) is 3.27. The minimum absolute atomic E-state index is 0.401. The van der Waals surface area contributed by atoms with Crippen molar-refractivity contribution in [3.8, 4) is 23.8 Å². The van der Waals surface area contributed by atoms with Crippen LogP contribution in [0, 0.1) is 23.8 Å². The van der Waals surface area contributed by atoms with Crippen LogP contribution in [-0.4, -0.2) is 8.80 Å². The second kappa shape index (κ2) is 3.52. The van der Waals surface area contributed by atoms with Crippen LogP contribution in [0.3, 0.4) is 0 Å². The highest BCUT2D eigenvalue weighted by Crippen LogP contribution is 1.70. The second-order valence-corrected chi connectivity index (χ2v) is 3.64. The van der Waals surface area contributed by atoms with Crippen LogP contribution in [0.25, 0.3) is 0 Å². The van der Waals surface area contributed by atoms with Crippen molar-refractivity contribution in [3.05, 3.63) is 0 Å². The van der Waals surface area contributed by atoms with Crippen molar-refractivity contribution in [2.24, 2.45) is 0 Å². The topological polar surface area (TPSA) is 0 Å². The number of rotatable bonds is 0. The normalized spacial score (nSPS) is 6.57. The Morgan fingerprint density at radius 1 is 1.43 bits per heavy atom. The molecule has 1 radical (unpaired) electrons. The molecule has 0 saturated heterocycles. The molecule has 35 valence electrons. The molecular weight excluding hydrogens is 100 g/mol. The van der Waals surface area contributed by atoms with E-state index in [9.17, 15) is 0 Å². The summed E-state index contributed by atoms with van der Waals surface area (Å²) in [5, 5.41) is 0. The zero-order valence-corrected chi connectivity index (χ0v) is 5.58. The van der Waals surface area contributed by atoms with Gasteiger partial charge in [0.25, 0.3) is 0 Å². The van der Waals surface area contributed by atoms with Gasteiger partial charge < -0.3 is 0 Å². The molecule has 0 aliphatic carbocycles. The summed E-state index contributed by atoms with van der Waals surface area (Å²) in [5.74, 6) is 4.83. The number of hydrogen-bond acceptors (Lipinski definition) is 0. The third-order valence-electron chi connectivity index (χ3n) is 0.385. The summed E-state index contributed by atoms with van der Waals surface area (Å²) >= 11 is 0. The third kappa shape index (κ3) is 5.34. The monoisotopic (exact) mass is 107 g/mol. The minimum Gasteiger partial charge on any atom is -0.120 e. The van der Waals surface area contributed by atoms with Gasteiger partial charge in [0, 0.05) is 0 Å². The van der Waals surface area contributed by atoms with Crippen molar-refractivity contribution in [1.82, 2.24) is 0 Å². The Hall–Kier alpha value is -0.663. The molecule has 0 spiro atoms. The van der Waals surface area contributed by atoms with Crippen molar-refractivity contribution >= 4 is 8.80 Å². The van der Waals surface area contributed by atoms with Crippen molar-refractivity contribution in [2.45, 2.75) is 13.1 Å². The van der Waals surface area contributed by atoms with E-state index in [0.717, 1.165) is 0 Å². The summed E-state index contributed by atoms with van der Waals surface area (Å²) in [6, 6.07) is 0. The molecule has 0 rings (SSSR count). The first kappa shape index (κ1) is 6.34. The maximum atomic E-state index is 4.87. The van der Waals surface area contributed by atoms with E-state index < -0.39 is 8.80 Å². The molecule has 0 aromatic rings. The van der Waals surface area contributed by atoms with Crippen molar-refractivity contribution in [2.75, 3.05) is 0 Å². The van der Waals surface area contributed by atoms with Gasteiger partial charge in [-0.15, -0.1) is 12.0 Å². The van der Waals surface area contributed by atoms with Gasteiger partial charge in [-0.25, -0.2) is 0 Å². The van der Waals surface area contributed by atoms with Crippen LogP contribution in [-0.2, 0) is 0 Å². The summed E-state index contributed by atoms with van der Waals surface area (Å²) in [6.07, 6.45) is 4.87. The summed E-state index contributed by atoms with van der Waals surface area (Å²) < 4.78 is 0. The van der Waals surface area contributed by atoms with Gasteiger partial charge in [-0.1, -0.05) is 13.1 Å². The van der Waals surface area contributed by atoms with Crippen molar-refractivity contribution in [3.63, 3.8) is 0 Å². The highest BCUT2D eigenvalue weighted by atomic mass is 28.3. The van der Waals surface area contributed by atoms with Gasteiger partial charge >= 0.3 is 0 Å². The van der Waals surface area contributed by atoms with Gasteiger partial charge in [0.05, 0.1) is 0 Å². The van der Waals surface area contributed by atoms with Crippen LogP contribution in [0.1, 0.15) is 0 Å². The summed E-state index contributed by atoms with van der Waals surface area (Å²) in [4.78, 5) is 0. The molecule has 0 heterocycles. The molecule has 0 aromatic heterocycles. The molecule has 0 saturated carbocycles. The fourth-order valence-corrected chi connectivity index (χ4v) is 0.483. The molecule has 0 fully saturated rings. The maximum absolute atomic E-state index is 4.87. The molecule has 0 aliphatic heterocycles. The third-order valence-corrected chi connectivity index (χ3v) is 1.01. The van der Waals surface area contributed by atoms with Crippen molar-refractivity contribution < 1.29 is 0 Å². The Morgan fingerprint density at radius 3 is 2.14 bits per heavy atom. The molecular formula is C6H7Si. The Bertz CT molecular complexity index is 128. The fourth-order valence-electron chi connectivity index (χ4n) is 0.161. The number of hydrogen-bond donors (Lipinski definition) is 0. The van der Waals surface area contributed by atoms with Crippen LogP contribution in [0.4, 0.5) is 0 Å². The van der Waals surface area contributed by atoms with E-state index in [4.69, 9.17) is 6.42 Å². The molecule has 0 bridgehead atoms. The van der Waals surface area contributed by atoms with Gasteiger partial charge in [-0.3, -0.25) is 0 Å². The highest BCUT2D eigenvalue weighted by molar-refractivity contribution is 6.64. The SMILES string of the molecule is C#CC#C[Si](C)C. The molecule has 0 nitrogen and oxygen atoms in total. The zero-order valence-electron chi connectivity index (χ0n) is 4.58. The summed E-state index contributed by atoms with van der Waals surface area (Å²) in [5.41, 5.74) is 2.91. The smallest absolute Gasteiger partial charge is 0.120 e. The predicted octanol–water partition coefficient (Wildman–Crippen LogP) is 0.917. The van der Waals surface area contributed by atoms with Crippen LogP contribution in [0.5, 0.6) is 0 Å². The Balaban J connectivity index is 3.50. The lowest BCUT2D eigenvalue weighted by Gasteiger charge is -1.77. The Kier molecular flexibility index (Phi) is 3.19. The van der Waals surface area contributed by atoms with E-state index in [-0.39, 0.29) is 0 Å².